The predicted molar refractivity (Wildman–Crippen MR) is 88.2 cm³/mol. The number of benzene rings is 2. The monoisotopic (exact) mass is 343 g/mol. The number of carbonyl (C=O) groups is 2. The normalized spacial score (nSPS) is 14.5. The number of anilines is 1. The Hall–Kier alpha value is -3.06. The molecule has 0 saturated heterocycles. The second-order valence-corrected chi connectivity index (χ2v) is 5.45. The maximum absolute atomic E-state index is 12.2. The van der Waals surface area contributed by atoms with E-state index < -0.39 is 24.1 Å². The molecule has 7 nitrogen and oxygen atoms in total. The van der Waals surface area contributed by atoms with Crippen molar-refractivity contribution >= 4 is 17.6 Å². The third-order valence-electron chi connectivity index (χ3n) is 3.64. The van der Waals surface area contributed by atoms with Crippen molar-refractivity contribution in [1.29, 1.82) is 0 Å². The Morgan fingerprint density at radius 3 is 2.60 bits per heavy atom. The number of aliphatic hydroxyl groups is 1. The van der Waals surface area contributed by atoms with Crippen molar-refractivity contribution in [2.45, 2.75) is 19.1 Å². The highest BCUT2D eigenvalue weighted by molar-refractivity contribution is 5.95. The van der Waals surface area contributed by atoms with E-state index in [9.17, 15) is 14.7 Å². The molecule has 0 bridgehead atoms. The summed E-state index contributed by atoms with van der Waals surface area (Å²) in [4.78, 5) is 24.1. The van der Waals surface area contributed by atoms with Crippen LogP contribution in [0.3, 0.4) is 0 Å². The van der Waals surface area contributed by atoms with E-state index >= 15 is 0 Å². The lowest BCUT2D eigenvalue weighted by Crippen LogP contribution is -2.31. The minimum Gasteiger partial charge on any atom is -0.454 e. The lowest BCUT2D eigenvalue weighted by Gasteiger charge is -2.16. The zero-order chi connectivity index (χ0) is 17.8. The summed E-state index contributed by atoms with van der Waals surface area (Å²) in [6.07, 6.45) is -2.52. The molecule has 25 heavy (non-hydrogen) atoms. The molecule has 0 saturated carbocycles. The average molecular weight is 343 g/mol. The molecule has 0 aromatic heterocycles. The largest absolute Gasteiger partial charge is 0.454 e. The average Bonchev–Trinajstić information content (AvgIpc) is 3.09. The molecule has 1 heterocycles. The molecule has 1 amide bonds. The summed E-state index contributed by atoms with van der Waals surface area (Å²) < 4.78 is 15.5. The Morgan fingerprint density at radius 2 is 1.84 bits per heavy atom. The van der Waals surface area contributed by atoms with Gasteiger partial charge in [-0.3, -0.25) is 4.79 Å². The number of ether oxygens (including phenoxy) is 3. The molecule has 0 spiro atoms. The van der Waals surface area contributed by atoms with E-state index in [-0.39, 0.29) is 6.79 Å². The topological polar surface area (TPSA) is 94.1 Å². The lowest BCUT2D eigenvalue weighted by molar-refractivity contribution is -0.162. The second kappa shape index (κ2) is 7.23. The number of amides is 1. The number of rotatable bonds is 5. The first kappa shape index (κ1) is 16.8. The van der Waals surface area contributed by atoms with Crippen LogP contribution in [-0.2, 0) is 14.3 Å². The van der Waals surface area contributed by atoms with Crippen LogP contribution in [0.4, 0.5) is 5.69 Å². The van der Waals surface area contributed by atoms with Gasteiger partial charge in [0, 0.05) is 11.8 Å². The van der Waals surface area contributed by atoms with Gasteiger partial charge in [0.15, 0.2) is 23.7 Å². The number of hydrogen-bond acceptors (Lipinski definition) is 6. The van der Waals surface area contributed by atoms with E-state index in [0.717, 1.165) is 0 Å². The molecule has 3 rings (SSSR count). The molecule has 1 aliphatic rings. The number of esters is 1. The number of carbonyl (C=O) groups excluding carboxylic acids is 2. The Kier molecular flexibility index (Phi) is 4.85. The van der Waals surface area contributed by atoms with Gasteiger partial charge in [-0.1, -0.05) is 30.3 Å². The van der Waals surface area contributed by atoms with Crippen LogP contribution in [0, 0.1) is 0 Å². The fourth-order valence-electron chi connectivity index (χ4n) is 2.28. The predicted octanol–water partition coefficient (Wildman–Crippen LogP) is 2.02. The van der Waals surface area contributed by atoms with Crippen LogP contribution in [0.2, 0.25) is 0 Å². The molecular formula is C18H17NO6. The highest BCUT2D eigenvalue weighted by atomic mass is 16.7. The first-order valence-electron chi connectivity index (χ1n) is 7.68. The Bertz CT molecular complexity index is 776. The van der Waals surface area contributed by atoms with E-state index in [0.29, 0.717) is 22.7 Å². The highest BCUT2D eigenvalue weighted by Crippen LogP contribution is 2.34. The number of nitrogens with one attached hydrogen (secondary N) is 1. The van der Waals surface area contributed by atoms with Gasteiger partial charge in [-0.2, -0.15) is 0 Å². The summed E-state index contributed by atoms with van der Waals surface area (Å²) in [5.41, 5.74) is 0.886. The van der Waals surface area contributed by atoms with Crippen LogP contribution in [0.1, 0.15) is 18.6 Å². The molecule has 130 valence electrons. The maximum Gasteiger partial charge on any atom is 0.340 e. The molecule has 0 radical (unpaired) electrons. The Balaban J connectivity index is 1.58. The number of fused-ring (bicyclic) bond motifs is 1. The molecule has 7 heteroatoms. The van der Waals surface area contributed by atoms with Gasteiger partial charge in [-0.05, 0) is 24.6 Å². The van der Waals surface area contributed by atoms with Crippen molar-refractivity contribution in [3.63, 3.8) is 0 Å². The van der Waals surface area contributed by atoms with E-state index in [1.165, 1.54) is 6.92 Å². The van der Waals surface area contributed by atoms with Crippen LogP contribution in [0.25, 0.3) is 0 Å². The van der Waals surface area contributed by atoms with Crippen LogP contribution in [-0.4, -0.2) is 29.9 Å². The minimum absolute atomic E-state index is 0.137. The summed E-state index contributed by atoms with van der Waals surface area (Å²) in [5.74, 6) is -0.280. The molecule has 1 aliphatic heterocycles. The summed E-state index contributed by atoms with van der Waals surface area (Å²) in [5, 5.41) is 12.6. The van der Waals surface area contributed by atoms with E-state index in [4.69, 9.17) is 14.2 Å². The SMILES string of the molecule is C[C@H](OC(=O)[C@H](O)c1ccccc1)C(=O)Nc1ccc2c(c1)OCO2. The van der Waals surface area contributed by atoms with E-state index in [1.54, 1.807) is 48.5 Å². The fourth-order valence-corrected chi connectivity index (χ4v) is 2.28. The molecular weight excluding hydrogens is 326 g/mol. The third-order valence-corrected chi connectivity index (χ3v) is 3.64. The first-order chi connectivity index (χ1) is 12.0. The van der Waals surface area contributed by atoms with Crippen molar-refractivity contribution < 1.29 is 28.9 Å². The number of hydrogen-bond donors (Lipinski definition) is 2. The Labute approximate surface area is 144 Å². The van der Waals surface area contributed by atoms with Gasteiger partial charge in [-0.15, -0.1) is 0 Å². The smallest absolute Gasteiger partial charge is 0.340 e. The molecule has 2 atom stereocenters. The van der Waals surface area contributed by atoms with Crippen molar-refractivity contribution in [3.05, 3.63) is 54.1 Å². The van der Waals surface area contributed by atoms with Crippen molar-refractivity contribution in [2.24, 2.45) is 0 Å². The standard InChI is InChI=1S/C18H17NO6/c1-11(25-18(22)16(20)12-5-3-2-4-6-12)17(21)19-13-7-8-14-15(9-13)24-10-23-14/h2-9,11,16,20H,10H2,1H3,(H,19,21)/t11-,16+/m0/s1. The summed E-state index contributed by atoms with van der Waals surface area (Å²) >= 11 is 0. The molecule has 0 unspecified atom stereocenters. The molecule has 0 fully saturated rings. The number of aliphatic hydroxyl groups excluding tert-OH is 1. The third kappa shape index (κ3) is 3.89. The van der Waals surface area contributed by atoms with Gasteiger partial charge in [0.05, 0.1) is 0 Å². The lowest BCUT2D eigenvalue weighted by atomic mass is 10.1. The van der Waals surface area contributed by atoms with Crippen molar-refractivity contribution in [3.8, 4) is 11.5 Å². The summed E-state index contributed by atoms with van der Waals surface area (Å²) in [6, 6.07) is 13.3. The highest BCUT2D eigenvalue weighted by Gasteiger charge is 2.25. The van der Waals surface area contributed by atoms with Crippen molar-refractivity contribution in [1.82, 2.24) is 0 Å². The van der Waals surface area contributed by atoms with Gasteiger partial charge < -0.3 is 24.6 Å². The molecule has 2 aromatic carbocycles. The molecule has 2 N–H and O–H groups in total. The zero-order valence-corrected chi connectivity index (χ0v) is 13.5. The second-order valence-electron chi connectivity index (χ2n) is 5.45. The summed E-state index contributed by atoms with van der Waals surface area (Å²) in [6.45, 7) is 1.57. The van der Waals surface area contributed by atoms with Crippen LogP contribution in [0.15, 0.2) is 48.5 Å². The fraction of sp³-hybridized carbons (Fsp3) is 0.222. The van der Waals surface area contributed by atoms with Gasteiger partial charge in [0.2, 0.25) is 6.79 Å². The summed E-state index contributed by atoms with van der Waals surface area (Å²) in [7, 11) is 0. The molecule has 2 aromatic rings. The molecule has 0 aliphatic carbocycles. The van der Waals surface area contributed by atoms with Gasteiger partial charge in [0.25, 0.3) is 5.91 Å². The quantitative estimate of drug-likeness (QED) is 0.807. The van der Waals surface area contributed by atoms with Gasteiger partial charge in [0.1, 0.15) is 0 Å². The van der Waals surface area contributed by atoms with E-state index in [1.807, 2.05) is 0 Å². The van der Waals surface area contributed by atoms with Crippen LogP contribution < -0.4 is 14.8 Å². The van der Waals surface area contributed by atoms with E-state index in [2.05, 4.69) is 5.32 Å². The minimum atomic E-state index is -1.44. The van der Waals surface area contributed by atoms with Gasteiger partial charge >= 0.3 is 5.97 Å². The first-order valence-corrected chi connectivity index (χ1v) is 7.68. The van der Waals surface area contributed by atoms with Gasteiger partial charge in [-0.25, -0.2) is 4.79 Å². The maximum atomic E-state index is 12.2. The van der Waals surface area contributed by atoms with Crippen LogP contribution >= 0.6 is 0 Å². The van der Waals surface area contributed by atoms with Crippen molar-refractivity contribution in [2.75, 3.05) is 12.1 Å². The Morgan fingerprint density at radius 1 is 1.12 bits per heavy atom. The van der Waals surface area contributed by atoms with Crippen LogP contribution in [0.5, 0.6) is 11.5 Å². The zero-order valence-electron chi connectivity index (χ0n) is 13.5.